The topological polar surface area (TPSA) is 35.5 Å². The third-order valence-corrected chi connectivity index (χ3v) is 4.17. The molecule has 0 spiro atoms. The molecule has 0 aliphatic heterocycles. The molecule has 0 atom stereocenters. The number of carbonyl (C=O) groups excluding carboxylic acids is 1. The van der Waals surface area contributed by atoms with Crippen LogP contribution in [0.2, 0.25) is 0 Å². The molecule has 0 saturated carbocycles. The summed E-state index contributed by atoms with van der Waals surface area (Å²) in [6, 6.07) is 16.8. The minimum Gasteiger partial charge on any atom is -0.496 e. The van der Waals surface area contributed by atoms with E-state index in [2.05, 4.69) is 0 Å². The van der Waals surface area contributed by atoms with E-state index < -0.39 is 5.41 Å². The highest BCUT2D eigenvalue weighted by molar-refractivity contribution is 5.86. The van der Waals surface area contributed by atoms with E-state index in [1.807, 2.05) is 56.3 Å². The molecule has 0 unspecified atom stereocenters. The van der Waals surface area contributed by atoms with E-state index in [0.29, 0.717) is 18.6 Å². The summed E-state index contributed by atoms with van der Waals surface area (Å²) >= 11 is 0. The molecule has 0 amide bonds. The Morgan fingerprint density at radius 1 is 0.955 bits per heavy atom. The molecule has 3 heteroatoms. The zero-order chi connectivity index (χ0) is 16.0. The van der Waals surface area contributed by atoms with E-state index in [1.165, 1.54) is 0 Å². The van der Waals surface area contributed by atoms with Crippen LogP contribution in [0.25, 0.3) is 0 Å². The normalized spacial score (nSPS) is 11.0. The molecule has 0 radical (unpaired) electrons. The Morgan fingerprint density at radius 3 is 2.14 bits per heavy atom. The fourth-order valence-corrected chi connectivity index (χ4v) is 2.76. The summed E-state index contributed by atoms with van der Waals surface area (Å²) in [5.41, 5.74) is 0.172. The van der Waals surface area contributed by atoms with Crippen molar-refractivity contribution < 1.29 is 14.3 Å². The summed E-state index contributed by atoms with van der Waals surface area (Å²) in [5.74, 6) is 1.04. The van der Waals surface area contributed by atoms with Crippen LogP contribution >= 0.6 is 0 Å². The van der Waals surface area contributed by atoms with Crippen molar-refractivity contribution in [3.8, 4) is 11.5 Å². The molecule has 0 aliphatic rings. The minimum atomic E-state index is -0.706. The van der Waals surface area contributed by atoms with E-state index in [-0.39, 0.29) is 5.97 Å². The third-order valence-electron chi connectivity index (χ3n) is 4.17. The van der Waals surface area contributed by atoms with E-state index in [4.69, 9.17) is 9.47 Å². The Balaban J connectivity index is 2.41. The highest BCUT2D eigenvalue weighted by Crippen LogP contribution is 2.38. The molecule has 0 aliphatic carbocycles. The van der Waals surface area contributed by atoms with E-state index in [1.54, 1.807) is 19.2 Å². The fourth-order valence-electron chi connectivity index (χ4n) is 2.76. The van der Waals surface area contributed by atoms with Gasteiger partial charge in [-0.15, -0.1) is 0 Å². The van der Waals surface area contributed by atoms with Crippen LogP contribution in [-0.2, 0) is 10.2 Å². The maximum atomic E-state index is 12.9. The number of benzene rings is 2. The van der Waals surface area contributed by atoms with Crippen molar-refractivity contribution in [2.75, 3.05) is 7.11 Å². The summed E-state index contributed by atoms with van der Waals surface area (Å²) in [7, 11) is 1.62. The zero-order valence-electron chi connectivity index (χ0n) is 13.3. The van der Waals surface area contributed by atoms with Crippen molar-refractivity contribution in [2.24, 2.45) is 0 Å². The van der Waals surface area contributed by atoms with Gasteiger partial charge in [0, 0.05) is 5.56 Å². The molecule has 3 nitrogen and oxygen atoms in total. The Kier molecular flexibility index (Phi) is 5.21. The molecule has 2 aromatic carbocycles. The average Bonchev–Trinajstić information content (AvgIpc) is 2.58. The van der Waals surface area contributed by atoms with E-state index >= 15 is 0 Å². The number of para-hydroxylation sites is 2. The fraction of sp³-hybridized carbons (Fsp3) is 0.316. The molecule has 2 rings (SSSR count). The van der Waals surface area contributed by atoms with Gasteiger partial charge in [0.05, 0.1) is 12.5 Å². The Bertz CT molecular complexity index is 616. The number of rotatable bonds is 6. The van der Waals surface area contributed by atoms with Crippen LogP contribution < -0.4 is 9.47 Å². The number of ether oxygens (including phenoxy) is 2. The Hall–Kier alpha value is -2.29. The van der Waals surface area contributed by atoms with E-state index in [0.717, 1.165) is 11.3 Å². The summed E-state index contributed by atoms with van der Waals surface area (Å²) in [5, 5.41) is 0. The molecule has 0 heterocycles. The van der Waals surface area contributed by atoms with Gasteiger partial charge in [-0.05, 0) is 31.0 Å². The summed E-state index contributed by atoms with van der Waals surface area (Å²) < 4.78 is 11.1. The zero-order valence-corrected chi connectivity index (χ0v) is 13.3. The molecule has 2 aromatic rings. The maximum absolute atomic E-state index is 12.9. The van der Waals surface area contributed by atoms with Crippen molar-refractivity contribution >= 4 is 5.97 Å². The standard InChI is InChI=1S/C19H22O3/c1-4-19(5-2,16-13-9-10-14-17(16)21-3)18(20)22-15-11-7-6-8-12-15/h6-14H,4-5H2,1-3H3. The number of methoxy groups -OCH3 is 1. The number of hydrogen-bond donors (Lipinski definition) is 0. The van der Waals surface area contributed by atoms with Gasteiger partial charge in [-0.25, -0.2) is 0 Å². The van der Waals surface area contributed by atoms with Gasteiger partial charge < -0.3 is 9.47 Å². The first kappa shape index (κ1) is 16.1. The molecule has 0 aromatic heterocycles. The van der Waals surface area contributed by atoms with Gasteiger partial charge in [-0.3, -0.25) is 4.79 Å². The van der Waals surface area contributed by atoms with Crippen molar-refractivity contribution in [1.29, 1.82) is 0 Å². The third kappa shape index (κ3) is 2.98. The van der Waals surface area contributed by atoms with Crippen molar-refractivity contribution in [3.63, 3.8) is 0 Å². The predicted octanol–water partition coefficient (Wildman–Crippen LogP) is 4.36. The lowest BCUT2D eigenvalue weighted by Gasteiger charge is -2.31. The maximum Gasteiger partial charge on any atom is 0.322 e. The van der Waals surface area contributed by atoms with Crippen LogP contribution in [0.4, 0.5) is 0 Å². The van der Waals surface area contributed by atoms with Crippen molar-refractivity contribution in [1.82, 2.24) is 0 Å². The minimum absolute atomic E-state index is 0.242. The van der Waals surface area contributed by atoms with Gasteiger partial charge in [0.1, 0.15) is 11.5 Å². The average molecular weight is 298 g/mol. The summed E-state index contributed by atoms with van der Waals surface area (Å²) in [6.45, 7) is 4.00. The first-order valence-electron chi connectivity index (χ1n) is 7.58. The van der Waals surface area contributed by atoms with Crippen LogP contribution in [0, 0.1) is 0 Å². The second kappa shape index (κ2) is 7.12. The van der Waals surface area contributed by atoms with Crippen LogP contribution in [0.5, 0.6) is 11.5 Å². The van der Waals surface area contributed by atoms with E-state index in [9.17, 15) is 4.79 Å². The predicted molar refractivity (Wildman–Crippen MR) is 87.3 cm³/mol. The lowest BCUT2D eigenvalue weighted by molar-refractivity contribution is -0.141. The van der Waals surface area contributed by atoms with Crippen LogP contribution in [-0.4, -0.2) is 13.1 Å². The number of esters is 1. The van der Waals surface area contributed by atoms with Gasteiger partial charge in [-0.1, -0.05) is 50.2 Å². The summed E-state index contributed by atoms with van der Waals surface area (Å²) in [6.07, 6.45) is 1.30. The van der Waals surface area contributed by atoms with Crippen LogP contribution in [0.1, 0.15) is 32.3 Å². The largest absolute Gasteiger partial charge is 0.496 e. The Labute approximate surface area is 131 Å². The van der Waals surface area contributed by atoms with Gasteiger partial charge in [0.25, 0.3) is 0 Å². The highest BCUT2D eigenvalue weighted by Gasteiger charge is 2.40. The lowest BCUT2D eigenvalue weighted by Crippen LogP contribution is -2.38. The monoisotopic (exact) mass is 298 g/mol. The van der Waals surface area contributed by atoms with Crippen LogP contribution in [0.15, 0.2) is 54.6 Å². The lowest BCUT2D eigenvalue weighted by atomic mass is 9.75. The first-order valence-corrected chi connectivity index (χ1v) is 7.58. The SMILES string of the molecule is CCC(CC)(C(=O)Oc1ccccc1)c1ccccc1OC. The second-order valence-corrected chi connectivity index (χ2v) is 5.19. The molecule has 0 bridgehead atoms. The number of hydrogen-bond acceptors (Lipinski definition) is 3. The van der Waals surface area contributed by atoms with Gasteiger partial charge in [0.15, 0.2) is 0 Å². The molecule has 0 N–H and O–H groups in total. The van der Waals surface area contributed by atoms with Crippen LogP contribution in [0.3, 0.4) is 0 Å². The second-order valence-electron chi connectivity index (χ2n) is 5.19. The Morgan fingerprint density at radius 2 is 1.55 bits per heavy atom. The molecule has 0 fully saturated rings. The van der Waals surface area contributed by atoms with Gasteiger partial charge in [0.2, 0.25) is 0 Å². The van der Waals surface area contributed by atoms with Crippen molar-refractivity contribution in [2.45, 2.75) is 32.1 Å². The first-order chi connectivity index (χ1) is 10.7. The molecule has 116 valence electrons. The number of carbonyl (C=O) groups is 1. The van der Waals surface area contributed by atoms with Gasteiger partial charge in [-0.2, -0.15) is 0 Å². The molecule has 0 saturated heterocycles. The van der Waals surface area contributed by atoms with Crippen molar-refractivity contribution in [3.05, 3.63) is 60.2 Å². The smallest absolute Gasteiger partial charge is 0.322 e. The van der Waals surface area contributed by atoms with Gasteiger partial charge >= 0.3 is 5.97 Å². The molecular weight excluding hydrogens is 276 g/mol. The quantitative estimate of drug-likeness (QED) is 0.587. The molecule has 22 heavy (non-hydrogen) atoms. The highest BCUT2D eigenvalue weighted by atomic mass is 16.5. The molecular formula is C19H22O3. The summed E-state index contributed by atoms with van der Waals surface area (Å²) in [4.78, 5) is 12.9.